The van der Waals surface area contributed by atoms with E-state index in [1.54, 1.807) is 53.8 Å². The number of rotatable bonds is 6. The zero-order valence-corrected chi connectivity index (χ0v) is 20.3. The van der Waals surface area contributed by atoms with E-state index in [9.17, 15) is 9.59 Å². The van der Waals surface area contributed by atoms with Crippen LogP contribution >= 0.6 is 11.3 Å². The number of carbonyl (C=O) groups excluding carboxylic acids is 2. The molecule has 5 rings (SSSR count). The van der Waals surface area contributed by atoms with Crippen molar-refractivity contribution in [1.29, 1.82) is 0 Å². The smallest absolute Gasteiger partial charge is 0.257 e. The number of amides is 2. The molecule has 0 aliphatic carbocycles. The van der Waals surface area contributed by atoms with Crippen LogP contribution in [-0.4, -0.2) is 61.2 Å². The minimum atomic E-state index is -0.316. The standard InChI is InChI=1S/C25H27N5O4S/c1-17-15-35-25(26-17)30-10-4-9-29(11-12-30)14-23(31)28-20-6-3-2-5-19(20)24(32)27-18-7-8-21-22(13-18)34-16-33-21/h2-3,5-8,13,15H,4,9-12,14,16H2,1H3,(H,27,32)(H,28,31). The van der Waals surface area contributed by atoms with E-state index in [0.29, 0.717) is 28.4 Å². The van der Waals surface area contributed by atoms with Gasteiger partial charge in [0.2, 0.25) is 12.7 Å². The summed E-state index contributed by atoms with van der Waals surface area (Å²) in [7, 11) is 0. The number of carbonyl (C=O) groups is 2. The van der Waals surface area contributed by atoms with Gasteiger partial charge in [-0.2, -0.15) is 0 Å². The highest BCUT2D eigenvalue weighted by molar-refractivity contribution is 7.13. The largest absolute Gasteiger partial charge is 0.454 e. The van der Waals surface area contributed by atoms with Crippen molar-refractivity contribution in [2.45, 2.75) is 13.3 Å². The van der Waals surface area contributed by atoms with Crippen molar-refractivity contribution in [3.63, 3.8) is 0 Å². The second kappa shape index (κ2) is 10.3. The number of para-hydroxylation sites is 1. The van der Waals surface area contributed by atoms with Crippen LogP contribution in [0.25, 0.3) is 0 Å². The van der Waals surface area contributed by atoms with Gasteiger partial charge in [0.15, 0.2) is 16.6 Å². The van der Waals surface area contributed by atoms with Gasteiger partial charge < -0.3 is 25.0 Å². The molecule has 0 bridgehead atoms. The Bertz CT molecular complexity index is 1230. The van der Waals surface area contributed by atoms with Gasteiger partial charge in [0.05, 0.1) is 23.5 Å². The van der Waals surface area contributed by atoms with E-state index in [2.05, 4.69) is 30.8 Å². The third-order valence-corrected chi connectivity index (χ3v) is 6.93. The normalized spacial score (nSPS) is 15.5. The number of nitrogens with one attached hydrogen (secondary N) is 2. The van der Waals surface area contributed by atoms with Gasteiger partial charge >= 0.3 is 0 Å². The number of ether oxygens (including phenoxy) is 2. The van der Waals surface area contributed by atoms with Gasteiger partial charge in [0, 0.05) is 43.3 Å². The quantitative estimate of drug-likeness (QED) is 0.542. The van der Waals surface area contributed by atoms with E-state index in [0.717, 1.165) is 43.4 Å². The second-order valence-electron chi connectivity index (χ2n) is 8.50. The Kier molecular flexibility index (Phi) is 6.82. The maximum atomic E-state index is 13.0. The van der Waals surface area contributed by atoms with E-state index in [4.69, 9.17) is 9.47 Å². The number of nitrogens with zero attached hydrogens (tertiary/aromatic N) is 3. The van der Waals surface area contributed by atoms with Gasteiger partial charge in [-0.25, -0.2) is 4.98 Å². The van der Waals surface area contributed by atoms with Crippen molar-refractivity contribution in [2.75, 3.05) is 55.1 Å². The average molecular weight is 494 g/mol. The lowest BCUT2D eigenvalue weighted by atomic mass is 10.1. The highest BCUT2D eigenvalue weighted by atomic mass is 32.1. The fourth-order valence-corrected chi connectivity index (χ4v) is 5.02. The zero-order valence-electron chi connectivity index (χ0n) is 19.5. The molecule has 1 aromatic heterocycles. The van der Waals surface area contributed by atoms with Crippen molar-refractivity contribution < 1.29 is 19.1 Å². The molecule has 0 unspecified atom stereocenters. The summed E-state index contributed by atoms with van der Waals surface area (Å²) < 4.78 is 10.7. The fourth-order valence-electron chi connectivity index (χ4n) is 4.16. The van der Waals surface area contributed by atoms with Gasteiger partial charge in [0.25, 0.3) is 5.91 Å². The first-order valence-electron chi connectivity index (χ1n) is 11.5. The van der Waals surface area contributed by atoms with Gasteiger partial charge in [-0.05, 0) is 37.6 Å². The van der Waals surface area contributed by atoms with Crippen LogP contribution in [0, 0.1) is 6.92 Å². The Morgan fingerprint density at radius 3 is 2.74 bits per heavy atom. The number of anilines is 3. The molecule has 1 fully saturated rings. The molecule has 0 atom stereocenters. The van der Waals surface area contributed by atoms with Crippen LogP contribution in [0.3, 0.4) is 0 Å². The molecule has 10 heteroatoms. The molecule has 35 heavy (non-hydrogen) atoms. The minimum absolute atomic E-state index is 0.146. The van der Waals surface area contributed by atoms with E-state index >= 15 is 0 Å². The van der Waals surface area contributed by atoms with Gasteiger partial charge in [-0.3, -0.25) is 14.5 Å². The van der Waals surface area contributed by atoms with Crippen LogP contribution in [0.2, 0.25) is 0 Å². The predicted molar refractivity (Wildman–Crippen MR) is 136 cm³/mol. The molecule has 3 heterocycles. The van der Waals surface area contributed by atoms with Crippen molar-refractivity contribution in [1.82, 2.24) is 9.88 Å². The SMILES string of the molecule is Cc1csc(N2CCCN(CC(=O)Nc3ccccc3C(=O)Nc3ccc4c(c3)OCO4)CC2)n1. The van der Waals surface area contributed by atoms with Gasteiger partial charge in [-0.15, -0.1) is 11.3 Å². The minimum Gasteiger partial charge on any atom is -0.454 e. The number of fused-ring (bicyclic) bond motifs is 1. The summed E-state index contributed by atoms with van der Waals surface area (Å²) in [6, 6.07) is 12.2. The average Bonchev–Trinajstić information content (AvgIpc) is 3.43. The number of hydrogen-bond donors (Lipinski definition) is 2. The van der Waals surface area contributed by atoms with Gasteiger partial charge in [0.1, 0.15) is 0 Å². The fraction of sp³-hybridized carbons (Fsp3) is 0.320. The summed E-state index contributed by atoms with van der Waals surface area (Å²) in [6.45, 7) is 5.80. The summed E-state index contributed by atoms with van der Waals surface area (Å²) in [5, 5.41) is 8.89. The lowest BCUT2D eigenvalue weighted by Gasteiger charge is -2.21. The van der Waals surface area contributed by atoms with Crippen LogP contribution in [0.1, 0.15) is 22.5 Å². The highest BCUT2D eigenvalue weighted by Gasteiger charge is 2.21. The van der Waals surface area contributed by atoms with Crippen molar-refractivity contribution in [2.24, 2.45) is 0 Å². The molecule has 2 amide bonds. The predicted octanol–water partition coefficient (Wildman–Crippen LogP) is 3.58. The second-order valence-corrected chi connectivity index (χ2v) is 9.34. The van der Waals surface area contributed by atoms with E-state index in [-0.39, 0.29) is 25.2 Å². The Labute approximate surface area is 207 Å². The molecule has 0 radical (unpaired) electrons. The summed E-state index contributed by atoms with van der Waals surface area (Å²) >= 11 is 1.66. The molecule has 0 saturated carbocycles. The Morgan fingerprint density at radius 2 is 1.89 bits per heavy atom. The topological polar surface area (TPSA) is 96.0 Å². The first kappa shape index (κ1) is 23.1. The third kappa shape index (κ3) is 5.55. The molecule has 2 aliphatic heterocycles. The molecule has 2 aliphatic rings. The van der Waals surface area contributed by atoms with Crippen LogP contribution in [0.4, 0.5) is 16.5 Å². The zero-order chi connectivity index (χ0) is 24.2. The van der Waals surface area contributed by atoms with Crippen LogP contribution < -0.4 is 25.0 Å². The van der Waals surface area contributed by atoms with E-state index < -0.39 is 0 Å². The first-order chi connectivity index (χ1) is 17.0. The number of aromatic nitrogens is 1. The van der Waals surface area contributed by atoms with Crippen LogP contribution in [-0.2, 0) is 4.79 Å². The van der Waals surface area contributed by atoms with Crippen molar-refractivity contribution >= 4 is 39.7 Å². The lowest BCUT2D eigenvalue weighted by molar-refractivity contribution is -0.117. The molecule has 3 aromatic rings. The molecule has 0 spiro atoms. The summed E-state index contributed by atoms with van der Waals surface area (Å²) in [6.07, 6.45) is 0.959. The van der Waals surface area contributed by atoms with E-state index in [1.807, 2.05) is 6.92 Å². The number of aryl methyl sites for hydroxylation is 1. The lowest BCUT2D eigenvalue weighted by Crippen LogP contribution is -2.36. The van der Waals surface area contributed by atoms with Crippen molar-refractivity contribution in [3.8, 4) is 11.5 Å². The summed E-state index contributed by atoms with van der Waals surface area (Å²) in [4.78, 5) is 34.9. The molecule has 9 nitrogen and oxygen atoms in total. The van der Waals surface area contributed by atoms with E-state index in [1.165, 1.54) is 0 Å². The highest BCUT2D eigenvalue weighted by Crippen LogP contribution is 2.34. The number of benzene rings is 2. The summed E-state index contributed by atoms with van der Waals surface area (Å²) in [5.41, 5.74) is 2.49. The Balaban J connectivity index is 1.19. The molecular weight excluding hydrogens is 466 g/mol. The van der Waals surface area contributed by atoms with Crippen molar-refractivity contribution in [3.05, 3.63) is 59.1 Å². The first-order valence-corrected chi connectivity index (χ1v) is 12.4. The monoisotopic (exact) mass is 493 g/mol. The maximum Gasteiger partial charge on any atom is 0.257 e. The molecule has 182 valence electrons. The molecule has 2 aromatic carbocycles. The van der Waals surface area contributed by atoms with Crippen LogP contribution in [0.15, 0.2) is 47.8 Å². The number of hydrogen-bond acceptors (Lipinski definition) is 8. The maximum absolute atomic E-state index is 13.0. The molecule has 2 N–H and O–H groups in total. The third-order valence-electron chi connectivity index (χ3n) is 5.91. The Hall–Kier alpha value is -3.63. The summed E-state index contributed by atoms with van der Waals surface area (Å²) in [5.74, 6) is 0.773. The van der Waals surface area contributed by atoms with Crippen LogP contribution in [0.5, 0.6) is 11.5 Å². The van der Waals surface area contributed by atoms with Gasteiger partial charge in [-0.1, -0.05) is 12.1 Å². The molecule has 1 saturated heterocycles. The Morgan fingerprint density at radius 1 is 1.03 bits per heavy atom. The number of thiazole rings is 1. The molecular formula is C25H27N5O4S.